The van der Waals surface area contributed by atoms with Gasteiger partial charge in [0.2, 0.25) is 0 Å². The van der Waals surface area contributed by atoms with Gasteiger partial charge in [-0.3, -0.25) is 4.31 Å². The van der Waals surface area contributed by atoms with Gasteiger partial charge in [0, 0.05) is 0 Å². The number of carbonyl (C=O) groups excluding carboxylic acids is 2. The molecular weight excluding hydrogens is 620 g/mol. The van der Waals surface area contributed by atoms with Crippen molar-refractivity contribution in [2.24, 2.45) is 0 Å². The number of anilines is 1. The average Bonchev–Trinajstić information content (AvgIpc) is 3.03. The number of sulfonamides is 1. The van der Waals surface area contributed by atoms with E-state index in [1.54, 1.807) is 75.4 Å². The maximum atomic E-state index is 16.4. The van der Waals surface area contributed by atoms with Crippen LogP contribution in [0.4, 0.5) is 14.5 Å². The highest BCUT2D eigenvalue weighted by Gasteiger charge is 2.39. The second-order valence-corrected chi connectivity index (χ2v) is 12.9. The van der Waals surface area contributed by atoms with Crippen LogP contribution in [0.1, 0.15) is 52.6 Å². The van der Waals surface area contributed by atoms with Gasteiger partial charge in [0.1, 0.15) is 23.5 Å². The van der Waals surface area contributed by atoms with Crippen LogP contribution in [0, 0.1) is 11.6 Å². The quantitative estimate of drug-likeness (QED) is 0.165. The molecule has 242 valence electrons. The highest BCUT2D eigenvalue weighted by Crippen LogP contribution is 2.44. The largest absolute Gasteiger partial charge is 0.493 e. The van der Waals surface area contributed by atoms with Crippen molar-refractivity contribution in [3.63, 3.8) is 0 Å². The number of ether oxygens (including phenoxy) is 4. The van der Waals surface area contributed by atoms with E-state index in [0.717, 1.165) is 25.8 Å². The molecule has 46 heavy (non-hydrogen) atoms. The Hall–Kier alpha value is -4.97. The van der Waals surface area contributed by atoms with E-state index in [2.05, 4.69) is 0 Å². The summed E-state index contributed by atoms with van der Waals surface area (Å²) in [6.07, 6.45) is 0. The number of carbonyl (C=O) groups is 2. The fourth-order valence-electron chi connectivity index (χ4n) is 4.50. The number of hydrogen-bond donors (Lipinski definition) is 0. The molecule has 0 heterocycles. The molecule has 0 fully saturated rings. The second-order valence-electron chi connectivity index (χ2n) is 11.0. The lowest BCUT2D eigenvalue weighted by molar-refractivity contribution is 0.00613. The zero-order chi connectivity index (χ0) is 33.6. The van der Waals surface area contributed by atoms with E-state index >= 15 is 8.78 Å². The predicted molar refractivity (Wildman–Crippen MR) is 166 cm³/mol. The van der Waals surface area contributed by atoms with Crippen LogP contribution in [0.15, 0.2) is 89.8 Å². The van der Waals surface area contributed by atoms with Crippen LogP contribution < -0.4 is 13.8 Å². The SMILES string of the molecule is COc1c(F)c(N(Cc2ccccc2)S(=O)(=O)c2cccc(C(=O)OCc3ccccc3)c2)c(F)c(OC)c1C(=O)OC(C)(C)C. The molecule has 0 aromatic heterocycles. The number of benzene rings is 4. The maximum Gasteiger partial charge on any atom is 0.346 e. The Balaban J connectivity index is 1.86. The number of methoxy groups -OCH3 is 2. The maximum absolute atomic E-state index is 16.4. The van der Waals surface area contributed by atoms with Crippen LogP contribution in [0.5, 0.6) is 11.5 Å². The highest BCUT2D eigenvalue weighted by atomic mass is 32.2. The summed E-state index contributed by atoms with van der Waals surface area (Å²) in [5.74, 6) is -6.50. The second kappa shape index (κ2) is 14.0. The fourth-order valence-corrected chi connectivity index (χ4v) is 6.00. The van der Waals surface area contributed by atoms with Gasteiger partial charge in [-0.25, -0.2) is 26.8 Å². The number of halogens is 2. The fraction of sp³-hybridized carbons (Fsp3) is 0.235. The molecule has 0 saturated carbocycles. The van der Waals surface area contributed by atoms with Crippen molar-refractivity contribution < 1.29 is 45.7 Å². The van der Waals surface area contributed by atoms with Gasteiger partial charge in [-0.05, 0) is 50.1 Å². The standard InChI is InChI=1S/C34H33F2NO8S/c1-34(2,3)45-33(39)26-30(42-4)27(35)29(28(36)31(26)43-5)37(20-22-13-8-6-9-14-22)46(40,41)25-18-12-17-24(19-25)32(38)44-21-23-15-10-7-11-16-23/h6-19H,20-21H2,1-5H3. The topological polar surface area (TPSA) is 108 Å². The van der Waals surface area contributed by atoms with Gasteiger partial charge >= 0.3 is 11.9 Å². The third-order valence-electron chi connectivity index (χ3n) is 6.57. The van der Waals surface area contributed by atoms with Gasteiger partial charge in [0.05, 0.1) is 31.2 Å². The van der Waals surface area contributed by atoms with Crippen LogP contribution in [0.2, 0.25) is 0 Å². The molecular formula is C34H33F2NO8S. The molecule has 0 aliphatic heterocycles. The molecule has 0 bridgehead atoms. The number of esters is 2. The van der Waals surface area contributed by atoms with Crippen LogP contribution in [0.25, 0.3) is 0 Å². The monoisotopic (exact) mass is 653 g/mol. The van der Waals surface area contributed by atoms with Crippen molar-refractivity contribution in [2.75, 3.05) is 18.5 Å². The Morgan fingerprint density at radius 1 is 0.761 bits per heavy atom. The molecule has 0 N–H and O–H groups in total. The summed E-state index contributed by atoms with van der Waals surface area (Å²) in [6, 6.07) is 21.9. The van der Waals surface area contributed by atoms with E-state index in [0.29, 0.717) is 9.87 Å². The first kappa shape index (κ1) is 33.9. The zero-order valence-corrected chi connectivity index (χ0v) is 26.7. The molecule has 0 unspecified atom stereocenters. The van der Waals surface area contributed by atoms with Crippen molar-refractivity contribution in [3.8, 4) is 11.5 Å². The molecule has 0 aliphatic rings. The van der Waals surface area contributed by atoms with E-state index in [1.165, 1.54) is 18.2 Å². The van der Waals surface area contributed by atoms with Crippen molar-refractivity contribution in [2.45, 2.75) is 44.4 Å². The molecule has 0 aliphatic carbocycles. The van der Waals surface area contributed by atoms with Gasteiger partial charge in [-0.2, -0.15) is 0 Å². The first-order valence-corrected chi connectivity index (χ1v) is 15.5. The molecule has 4 aromatic carbocycles. The van der Waals surface area contributed by atoms with Crippen molar-refractivity contribution >= 4 is 27.6 Å². The van der Waals surface area contributed by atoms with E-state index in [1.807, 2.05) is 6.07 Å². The Morgan fingerprint density at radius 3 is 1.83 bits per heavy atom. The van der Waals surface area contributed by atoms with E-state index in [-0.39, 0.29) is 12.2 Å². The van der Waals surface area contributed by atoms with Gasteiger partial charge in [0.15, 0.2) is 23.1 Å². The molecule has 12 heteroatoms. The summed E-state index contributed by atoms with van der Waals surface area (Å²) in [5, 5.41) is 0. The molecule has 4 rings (SSSR count). The summed E-state index contributed by atoms with van der Waals surface area (Å²) >= 11 is 0. The molecule has 0 saturated heterocycles. The molecule has 9 nitrogen and oxygen atoms in total. The minimum Gasteiger partial charge on any atom is -0.493 e. The van der Waals surface area contributed by atoms with Crippen molar-refractivity contribution in [1.82, 2.24) is 0 Å². The van der Waals surface area contributed by atoms with E-state index in [9.17, 15) is 18.0 Å². The van der Waals surface area contributed by atoms with Crippen LogP contribution in [0.3, 0.4) is 0 Å². The first-order valence-electron chi connectivity index (χ1n) is 14.0. The van der Waals surface area contributed by atoms with Crippen LogP contribution >= 0.6 is 0 Å². The minimum absolute atomic E-state index is 0.0587. The Labute approximate surface area is 266 Å². The van der Waals surface area contributed by atoms with Gasteiger partial charge in [0.25, 0.3) is 10.0 Å². The summed E-state index contributed by atoms with van der Waals surface area (Å²) < 4.78 is 82.8. The van der Waals surface area contributed by atoms with Gasteiger partial charge in [-0.15, -0.1) is 0 Å². The number of nitrogens with zero attached hydrogens (tertiary/aromatic N) is 1. The van der Waals surface area contributed by atoms with Gasteiger partial charge < -0.3 is 18.9 Å². The summed E-state index contributed by atoms with van der Waals surface area (Å²) in [7, 11) is -2.74. The lowest BCUT2D eigenvalue weighted by Gasteiger charge is -2.28. The summed E-state index contributed by atoms with van der Waals surface area (Å²) in [5.41, 5.74) is -1.82. The number of rotatable bonds is 11. The Morgan fingerprint density at radius 2 is 1.30 bits per heavy atom. The lowest BCUT2D eigenvalue weighted by Crippen LogP contribution is -2.33. The Kier molecular flexibility index (Phi) is 10.3. The smallest absolute Gasteiger partial charge is 0.346 e. The van der Waals surface area contributed by atoms with Crippen molar-refractivity contribution in [3.05, 3.63) is 119 Å². The van der Waals surface area contributed by atoms with Crippen molar-refractivity contribution in [1.29, 1.82) is 0 Å². The first-order chi connectivity index (χ1) is 21.8. The highest BCUT2D eigenvalue weighted by molar-refractivity contribution is 7.92. The predicted octanol–water partition coefficient (Wildman–Crippen LogP) is 6.69. The minimum atomic E-state index is -4.81. The molecule has 0 spiro atoms. The normalized spacial score (nSPS) is 11.5. The van der Waals surface area contributed by atoms with E-state index < -0.39 is 73.4 Å². The molecule has 4 aromatic rings. The Bertz CT molecular complexity index is 1790. The van der Waals surface area contributed by atoms with E-state index in [4.69, 9.17) is 18.9 Å². The summed E-state index contributed by atoms with van der Waals surface area (Å²) in [4.78, 5) is 25.5. The molecule has 0 radical (unpaired) electrons. The van der Waals surface area contributed by atoms with Crippen LogP contribution in [-0.4, -0.2) is 40.2 Å². The number of hydrogen-bond acceptors (Lipinski definition) is 8. The summed E-state index contributed by atoms with van der Waals surface area (Å²) in [6.45, 7) is 4.08. The third kappa shape index (κ3) is 7.45. The van der Waals surface area contributed by atoms with Gasteiger partial charge in [-0.1, -0.05) is 66.7 Å². The van der Waals surface area contributed by atoms with Crippen LogP contribution in [-0.2, 0) is 32.6 Å². The lowest BCUT2D eigenvalue weighted by atomic mass is 10.1. The molecule has 0 atom stereocenters. The zero-order valence-electron chi connectivity index (χ0n) is 25.9. The third-order valence-corrected chi connectivity index (χ3v) is 8.31. The average molecular weight is 654 g/mol. The molecule has 0 amide bonds.